The Labute approximate surface area is 155 Å². The van der Waals surface area contributed by atoms with Crippen LogP contribution in [0.5, 0.6) is 0 Å². The number of carboxylic acid groups (broad SMARTS) is 1. The first kappa shape index (κ1) is 20.2. The lowest BCUT2D eigenvalue weighted by molar-refractivity contribution is -0.143. The molecule has 0 radical (unpaired) electrons. The maximum atomic E-state index is 12.4. The minimum atomic E-state index is -0.833. The number of carbonyl (C=O) groups is 2. The Bertz CT molecular complexity index is 639. The fourth-order valence-electron chi connectivity index (χ4n) is 3.12. The Balaban J connectivity index is 1.89. The fraction of sp³-hybridized carbons (Fsp3) is 0.600. The zero-order valence-electron chi connectivity index (χ0n) is 16.1. The largest absolute Gasteiger partial charge is 0.481 e. The molecule has 2 unspecified atom stereocenters. The van der Waals surface area contributed by atoms with Crippen LogP contribution < -0.4 is 5.32 Å². The molecule has 2 rings (SSSR count). The van der Waals surface area contributed by atoms with Crippen LogP contribution in [0.25, 0.3) is 0 Å². The van der Waals surface area contributed by atoms with Gasteiger partial charge in [0.2, 0.25) is 0 Å². The first-order valence-corrected chi connectivity index (χ1v) is 9.11. The van der Waals surface area contributed by atoms with Crippen LogP contribution in [0.1, 0.15) is 45.2 Å². The van der Waals surface area contributed by atoms with Crippen molar-refractivity contribution in [3.63, 3.8) is 0 Å². The van der Waals surface area contributed by atoms with E-state index in [1.807, 2.05) is 52.0 Å². The molecule has 26 heavy (non-hydrogen) atoms. The Morgan fingerprint density at radius 2 is 1.96 bits per heavy atom. The Morgan fingerprint density at radius 1 is 1.27 bits per heavy atom. The molecule has 1 fully saturated rings. The smallest absolute Gasteiger partial charge is 0.317 e. The summed E-state index contributed by atoms with van der Waals surface area (Å²) in [5.41, 5.74) is 1.85. The van der Waals surface area contributed by atoms with Crippen LogP contribution in [-0.2, 0) is 22.7 Å². The summed E-state index contributed by atoms with van der Waals surface area (Å²) < 4.78 is 5.79. The van der Waals surface area contributed by atoms with E-state index in [-0.39, 0.29) is 24.1 Å². The van der Waals surface area contributed by atoms with E-state index < -0.39 is 11.9 Å². The molecule has 0 bridgehead atoms. The van der Waals surface area contributed by atoms with Gasteiger partial charge in [-0.2, -0.15) is 0 Å². The van der Waals surface area contributed by atoms with Crippen LogP contribution in [0, 0.1) is 11.8 Å². The Kier molecular flexibility index (Phi) is 6.64. The topological polar surface area (TPSA) is 78.9 Å². The number of nitrogens with zero attached hydrogens (tertiary/aromatic N) is 1. The van der Waals surface area contributed by atoms with Crippen molar-refractivity contribution in [2.45, 2.75) is 52.9 Å². The second-order valence-electron chi connectivity index (χ2n) is 8.16. The van der Waals surface area contributed by atoms with Gasteiger partial charge < -0.3 is 20.1 Å². The van der Waals surface area contributed by atoms with Gasteiger partial charge in [0.1, 0.15) is 0 Å². The van der Waals surface area contributed by atoms with Gasteiger partial charge >= 0.3 is 12.0 Å². The molecular weight excluding hydrogens is 332 g/mol. The lowest BCUT2D eigenvalue weighted by Gasteiger charge is -2.34. The number of urea groups is 1. The van der Waals surface area contributed by atoms with Gasteiger partial charge in [0.15, 0.2) is 0 Å². The van der Waals surface area contributed by atoms with Gasteiger partial charge in [-0.15, -0.1) is 0 Å². The number of benzene rings is 1. The van der Waals surface area contributed by atoms with Crippen LogP contribution in [-0.4, -0.2) is 40.7 Å². The monoisotopic (exact) mass is 362 g/mol. The fourth-order valence-corrected chi connectivity index (χ4v) is 3.12. The highest BCUT2D eigenvalue weighted by molar-refractivity contribution is 5.76. The Hall–Kier alpha value is -2.08. The molecule has 1 aromatic rings. The molecule has 144 valence electrons. The van der Waals surface area contributed by atoms with E-state index in [1.54, 1.807) is 4.90 Å². The van der Waals surface area contributed by atoms with Gasteiger partial charge in [-0.1, -0.05) is 31.2 Å². The molecule has 0 spiro atoms. The summed E-state index contributed by atoms with van der Waals surface area (Å²) in [6, 6.07) is 7.72. The third kappa shape index (κ3) is 6.33. The van der Waals surface area contributed by atoms with E-state index in [4.69, 9.17) is 4.74 Å². The van der Waals surface area contributed by atoms with Crippen molar-refractivity contribution in [2.24, 2.45) is 11.8 Å². The van der Waals surface area contributed by atoms with E-state index in [0.717, 1.165) is 11.1 Å². The van der Waals surface area contributed by atoms with Crippen LogP contribution in [0.15, 0.2) is 24.3 Å². The second kappa shape index (κ2) is 8.54. The van der Waals surface area contributed by atoms with Crippen LogP contribution in [0.2, 0.25) is 0 Å². The molecule has 2 N–H and O–H groups in total. The first-order chi connectivity index (χ1) is 12.1. The third-order valence-corrected chi connectivity index (χ3v) is 4.40. The quantitative estimate of drug-likeness (QED) is 0.843. The van der Waals surface area contributed by atoms with Crippen molar-refractivity contribution >= 4 is 12.0 Å². The third-order valence-electron chi connectivity index (χ3n) is 4.40. The van der Waals surface area contributed by atoms with Gasteiger partial charge in [-0.25, -0.2) is 4.79 Å². The number of ether oxygens (including phenoxy) is 1. The summed E-state index contributed by atoms with van der Waals surface area (Å²) >= 11 is 0. The summed E-state index contributed by atoms with van der Waals surface area (Å²) in [6.45, 7) is 9.82. The minimum absolute atomic E-state index is 0.188. The SMILES string of the molecule is CC1CC(C(=O)O)CN(C(=O)NCc2cccc(COC(C)(C)C)c2)C1. The molecule has 1 aromatic carbocycles. The number of carbonyl (C=O) groups excluding carboxylic acids is 1. The van der Waals surface area contributed by atoms with Gasteiger partial charge in [0.05, 0.1) is 18.1 Å². The van der Waals surface area contributed by atoms with Crippen molar-refractivity contribution in [3.8, 4) is 0 Å². The minimum Gasteiger partial charge on any atom is -0.481 e. The van der Waals surface area contributed by atoms with Crippen molar-refractivity contribution in [3.05, 3.63) is 35.4 Å². The second-order valence-corrected chi connectivity index (χ2v) is 8.16. The molecule has 0 aromatic heterocycles. The van der Waals surface area contributed by atoms with Gasteiger partial charge in [-0.3, -0.25) is 4.79 Å². The van der Waals surface area contributed by atoms with E-state index >= 15 is 0 Å². The maximum absolute atomic E-state index is 12.4. The molecule has 1 aliphatic heterocycles. The number of hydrogen-bond donors (Lipinski definition) is 2. The Morgan fingerprint density at radius 3 is 2.62 bits per heavy atom. The average molecular weight is 362 g/mol. The molecule has 2 atom stereocenters. The normalized spacial score (nSPS) is 20.7. The van der Waals surface area contributed by atoms with E-state index in [2.05, 4.69) is 5.32 Å². The number of rotatable bonds is 5. The lowest BCUT2D eigenvalue weighted by atomic mass is 9.91. The molecule has 6 nitrogen and oxygen atoms in total. The maximum Gasteiger partial charge on any atom is 0.317 e. The standard InChI is InChI=1S/C20H30N2O4/c1-14-8-17(18(23)24)12-22(11-14)19(25)21-10-15-6-5-7-16(9-15)13-26-20(2,3)4/h5-7,9,14,17H,8,10-13H2,1-4H3,(H,21,25)(H,23,24). The van der Waals surface area contributed by atoms with Crippen molar-refractivity contribution in [2.75, 3.05) is 13.1 Å². The highest BCUT2D eigenvalue weighted by Crippen LogP contribution is 2.22. The lowest BCUT2D eigenvalue weighted by Crippen LogP contribution is -2.49. The predicted octanol–water partition coefficient (Wildman–Crippen LogP) is 3.25. The van der Waals surface area contributed by atoms with E-state index in [1.165, 1.54) is 0 Å². The van der Waals surface area contributed by atoms with Gasteiger partial charge in [0.25, 0.3) is 0 Å². The van der Waals surface area contributed by atoms with Crippen LogP contribution in [0.4, 0.5) is 4.79 Å². The number of hydrogen-bond acceptors (Lipinski definition) is 3. The van der Waals surface area contributed by atoms with Crippen molar-refractivity contribution < 1.29 is 19.4 Å². The summed E-state index contributed by atoms with van der Waals surface area (Å²) in [5.74, 6) is -1.13. The van der Waals surface area contributed by atoms with Crippen LogP contribution >= 0.6 is 0 Å². The number of likely N-dealkylation sites (tertiary alicyclic amines) is 1. The highest BCUT2D eigenvalue weighted by atomic mass is 16.5. The molecular formula is C20H30N2O4. The van der Waals surface area contributed by atoms with Crippen molar-refractivity contribution in [1.29, 1.82) is 0 Å². The molecule has 0 saturated carbocycles. The van der Waals surface area contributed by atoms with Gasteiger partial charge in [0, 0.05) is 19.6 Å². The summed E-state index contributed by atoms with van der Waals surface area (Å²) in [4.78, 5) is 25.3. The van der Waals surface area contributed by atoms with Gasteiger partial charge in [-0.05, 0) is 44.2 Å². The van der Waals surface area contributed by atoms with Crippen LogP contribution in [0.3, 0.4) is 0 Å². The molecule has 6 heteroatoms. The molecule has 1 heterocycles. The zero-order valence-corrected chi connectivity index (χ0v) is 16.1. The first-order valence-electron chi connectivity index (χ1n) is 9.11. The molecule has 1 saturated heterocycles. The average Bonchev–Trinajstić information content (AvgIpc) is 2.57. The van der Waals surface area contributed by atoms with Crippen molar-refractivity contribution in [1.82, 2.24) is 10.2 Å². The zero-order chi connectivity index (χ0) is 19.3. The summed E-state index contributed by atoms with van der Waals surface area (Å²) in [5, 5.41) is 12.1. The number of carboxylic acids is 1. The van der Waals surface area contributed by atoms with E-state index in [0.29, 0.717) is 26.1 Å². The predicted molar refractivity (Wildman–Crippen MR) is 99.7 cm³/mol. The molecule has 1 aliphatic rings. The number of aliphatic carboxylic acids is 1. The molecule has 2 amide bonds. The number of amides is 2. The number of nitrogens with one attached hydrogen (secondary N) is 1. The molecule has 0 aliphatic carbocycles. The van der Waals surface area contributed by atoms with E-state index in [9.17, 15) is 14.7 Å². The number of piperidine rings is 1. The summed E-state index contributed by atoms with van der Waals surface area (Å²) in [7, 11) is 0. The highest BCUT2D eigenvalue weighted by Gasteiger charge is 2.31. The summed E-state index contributed by atoms with van der Waals surface area (Å²) in [6.07, 6.45) is 0.620.